The molecule has 2 aliphatic rings. The molecule has 0 saturated carbocycles. The zero-order chi connectivity index (χ0) is 21.1. The van der Waals surface area contributed by atoms with E-state index in [1.54, 1.807) is 0 Å². The summed E-state index contributed by atoms with van der Waals surface area (Å²) >= 11 is 6.22. The number of rotatable bonds is 4. The number of allylic oxidation sites excluding steroid dienone is 1. The number of nitrogens with two attached hydrogens (primary N) is 1. The summed E-state index contributed by atoms with van der Waals surface area (Å²) in [4.78, 5) is 2.47. The minimum absolute atomic E-state index is 0.180. The molecule has 30 heavy (non-hydrogen) atoms. The molecule has 2 heterocycles. The smallest absolute Gasteiger partial charge is 0.0605 e. The molecule has 4 nitrogen and oxygen atoms in total. The first-order valence-electron chi connectivity index (χ1n) is 10.8. The quantitative estimate of drug-likeness (QED) is 0.630. The molecule has 0 spiro atoms. The molecule has 2 aromatic rings. The number of halogens is 1. The van der Waals surface area contributed by atoms with Gasteiger partial charge in [0.25, 0.3) is 0 Å². The Balaban J connectivity index is 1.73. The van der Waals surface area contributed by atoms with E-state index >= 15 is 0 Å². The van der Waals surface area contributed by atoms with Crippen molar-refractivity contribution in [3.05, 3.63) is 76.0 Å². The molecule has 5 heteroatoms. The predicted molar refractivity (Wildman–Crippen MR) is 128 cm³/mol. The Morgan fingerprint density at radius 1 is 1.27 bits per heavy atom. The normalized spacial score (nSPS) is 21.2. The molecule has 1 unspecified atom stereocenters. The van der Waals surface area contributed by atoms with Crippen molar-refractivity contribution in [2.24, 2.45) is 5.73 Å². The van der Waals surface area contributed by atoms with Crippen LogP contribution in [0, 0.1) is 0 Å². The molecular formula is C25H31ClN4. The van der Waals surface area contributed by atoms with Crippen molar-refractivity contribution in [1.82, 2.24) is 10.2 Å². The van der Waals surface area contributed by atoms with E-state index in [9.17, 15) is 0 Å². The van der Waals surface area contributed by atoms with Gasteiger partial charge in [0.2, 0.25) is 0 Å². The lowest BCUT2D eigenvalue weighted by molar-refractivity contribution is 0.319. The van der Waals surface area contributed by atoms with Gasteiger partial charge in [-0.25, -0.2) is 0 Å². The van der Waals surface area contributed by atoms with Gasteiger partial charge in [-0.1, -0.05) is 42.8 Å². The van der Waals surface area contributed by atoms with E-state index in [1.165, 1.54) is 22.3 Å². The minimum Gasteiger partial charge on any atom is -0.401 e. The van der Waals surface area contributed by atoms with Crippen LogP contribution < -0.4 is 16.4 Å². The van der Waals surface area contributed by atoms with Crippen LogP contribution in [0.25, 0.3) is 11.3 Å². The van der Waals surface area contributed by atoms with Crippen molar-refractivity contribution in [3.8, 4) is 0 Å². The first-order valence-corrected chi connectivity index (χ1v) is 11.2. The van der Waals surface area contributed by atoms with Crippen molar-refractivity contribution >= 4 is 28.6 Å². The lowest BCUT2D eigenvalue weighted by Gasteiger charge is -2.26. The number of nitrogens with one attached hydrogen (secondary N) is 2. The molecular weight excluding hydrogens is 392 g/mol. The maximum Gasteiger partial charge on any atom is 0.0605 e. The van der Waals surface area contributed by atoms with Crippen LogP contribution in [0.2, 0.25) is 5.02 Å². The van der Waals surface area contributed by atoms with Crippen LogP contribution in [0.3, 0.4) is 0 Å². The second-order valence-corrected chi connectivity index (χ2v) is 8.59. The second kappa shape index (κ2) is 9.15. The number of hydrogen-bond donors (Lipinski definition) is 3. The summed E-state index contributed by atoms with van der Waals surface area (Å²) in [6, 6.07) is 15.0. The molecule has 0 saturated heterocycles. The Labute approximate surface area is 184 Å². The molecule has 158 valence electrons. The van der Waals surface area contributed by atoms with E-state index in [2.05, 4.69) is 52.8 Å². The third-order valence-corrected chi connectivity index (χ3v) is 6.34. The van der Waals surface area contributed by atoms with Gasteiger partial charge in [-0.05, 0) is 67.3 Å². The highest BCUT2D eigenvalue weighted by atomic mass is 35.5. The fourth-order valence-corrected chi connectivity index (χ4v) is 4.60. The van der Waals surface area contributed by atoms with Crippen LogP contribution in [0.4, 0.5) is 5.69 Å². The van der Waals surface area contributed by atoms with Crippen LogP contribution in [0.1, 0.15) is 49.4 Å². The summed E-state index contributed by atoms with van der Waals surface area (Å²) in [5.74, 6) is 0. The summed E-state index contributed by atoms with van der Waals surface area (Å²) in [5, 5.41) is 7.99. The lowest BCUT2D eigenvalue weighted by atomic mass is 9.90. The zero-order valence-electron chi connectivity index (χ0n) is 17.8. The van der Waals surface area contributed by atoms with E-state index in [1.807, 2.05) is 25.1 Å². The number of likely N-dealkylation sites (N-methyl/N-ethyl adjacent to an activating group) is 1. The van der Waals surface area contributed by atoms with E-state index in [-0.39, 0.29) is 6.04 Å². The molecule has 0 amide bonds. The third kappa shape index (κ3) is 4.50. The first kappa shape index (κ1) is 20.8. The molecule has 4 N–H and O–H groups in total. The van der Waals surface area contributed by atoms with Crippen LogP contribution in [0.5, 0.6) is 0 Å². The molecule has 1 atom stereocenters. The molecule has 0 aliphatic carbocycles. The fraction of sp³-hybridized carbons (Fsp3) is 0.360. The van der Waals surface area contributed by atoms with Crippen molar-refractivity contribution in [1.29, 1.82) is 0 Å². The summed E-state index contributed by atoms with van der Waals surface area (Å²) in [6.45, 7) is 8.31. The van der Waals surface area contributed by atoms with Crippen molar-refractivity contribution in [2.45, 2.75) is 32.7 Å². The number of nitrogens with zero attached hydrogens (tertiary/aromatic N) is 1. The summed E-state index contributed by atoms with van der Waals surface area (Å²) in [7, 11) is 0. The van der Waals surface area contributed by atoms with E-state index in [0.717, 1.165) is 61.1 Å². The number of benzene rings is 2. The highest BCUT2D eigenvalue weighted by molar-refractivity contribution is 6.30. The zero-order valence-corrected chi connectivity index (χ0v) is 18.6. The molecule has 0 bridgehead atoms. The average molecular weight is 423 g/mol. The van der Waals surface area contributed by atoms with Gasteiger partial charge in [-0.3, -0.25) is 4.90 Å². The number of anilines is 1. The Hall–Kier alpha value is -2.43. The topological polar surface area (TPSA) is 53.3 Å². The molecule has 0 aromatic heterocycles. The van der Waals surface area contributed by atoms with E-state index < -0.39 is 0 Å². The van der Waals surface area contributed by atoms with Gasteiger partial charge in [-0.2, -0.15) is 0 Å². The summed E-state index contributed by atoms with van der Waals surface area (Å²) in [5.41, 5.74) is 14.4. The van der Waals surface area contributed by atoms with Gasteiger partial charge in [0.15, 0.2) is 0 Å². The molecule has 2 aliphatic heterocycles. The summed E-state index contributed by atoms with van der Waals surface area (Å²) < 4.78 is 0. The Morgan fingerprint density at radius 2 is 2.13 bits per heavy atom. The fourth-order valence-electron chi connectivity index (χ4n) is 4.41. The van der Waals surface area contributed by atoms with Crippen LogP contribution in [0.15, 0.2) is 54.2 Å². The van der Waals surface area contributed by atoms with Gasteiger partial charge in [-0.15, -0.1) is 0 Å². The Kier molecular flexibility index (Phi) is 6.35. The molecule has 4 rings (SSSR count). The van der Waals surface area contributed by atoms with Gasteiger partial charge in [0, 0.05) is 41.6 Å². The van der Waals surface area contributed by atoms with E-state index in [4.69, 9.17) is 17.3 Å². The average Bonchev–Trinajstić information content (AvgIpc) is 2.93. The number of hydrogen-bond acceptors (Lipinski definition) is 4. The van der Waals surface area contributed by atoms with Crippen LogP contribution >= 0.6 is 11.6 Å². The largest absolute Gasteiger partial charge is 0.401 e. The Bertz CT molecular complexity index is 975. The second-order valence-electron chi connectivity index (χ2n) is 8.16. The van der Waals surface area contributed by atoms with Gasteiger partial charge in [0.05, 0.1) is 11.7 Å². The molecule has 0 radical (unpaired) electrons. The van der Waals surface area contributed by atoms with Crippen molar-refractivity contribution < 1.29 is 0 Å². The monoisotopic (exact) mass is 422 g/mol. The maximum atomic E-state index is 6.24. The van der Waals surface area contributed by atoms with Crippen LogP contribution in [-0.2, 0) is 0 Å². The van der Waals surface area contributed by atoms with Gasteiger partial charge >= 0.3 is 0 Å². The third-order valence-electron chi connectivity index (χ3n) is 6.10. The Morgan fingerprint density at radius 3 is 2.83 bits per heavy atom. The number of fused-ring (bicyclic) bond motifs is 1. The highest BCUT2D eigenvalue weighted by Gasteiger charge is 2.23. The molecule has 0 fully saturated rings. The van der Waals surface area contributed by atoms with Crippen molar-refractivity contribution in [3.63, 3.8) is 0 Å². The minimum atomic E-state index is 0.180. The van der Waals surface area contributed by atoms with Gasteiger partial charge in [0.1, 0.15) is 0 Å². The van der Waals surface area contributed by atoms with E-state index in [0.29, 0.717) is 0 Å². The lowest BCUT2D eigenvalue weighted by Crippen LogP contribution is -2.28. The SMILES string of the molecule is CCN1CC=C(c2ccc3c(c2)C(Nc2cccc(Cl)c2)CCN/C3=C(/C)N)CC1. The highest BCUT2D eigenvalue weighted by Crippen LogP contribution is 2.35. The standard InChI is InChI=1S/C25H31ClN4/c1-3-30-13-10-18(11-14-30)19-7-8-22-23(15-19)24(9-12-28-25(22)17(2)27)29-21-6-4-5-20(26)16-21/h4-8,10,15-16,24,28-29H,3,9,11-14,27H2,1-2H3/b25-17-. The van der Waals surface area contributed by atoms with Gasteiger partial charge < -0.3 is 16.4 Å². The molecule has 2 aromatic carbocycles. The van der Waals surface area contributed by atoms with Crippen molar-refractivity contribution in [2.75, 3.05) is 31.5 Å². The predicted octanol–water partition coefficient (Wildman–Crippen LogP) is 5.24. The summed E-state index contributed by atoms with van der Waals surface area (Å²) in [6.07, 6.45) is 4.44. The first-order chi connectivity index (χ1) is 14.5. The van der Waals surface area contributed by atoms with Crippen LogP contribution in [-0.4, -0.2) is 31.1 Å². The maximum absolute atomic E-state index is 6.24.